The zero-order chi connectivity index (χ0) is 33.3. The Balaban J connectivity index is 1.51. The number of thiophene rings is 2. The maximum absolute atomic E-state index is 4.02. The second-order valence-electron chi connectivity index (χ2n) is 12.1. The molecule has 0 unspecified atom stereocenters. The fraction of sp³-hybridized carbons (Fsp3) is 0. The van der Waals surface area contributed by atoms with E-state index in [-0.39, 0.29) is 0 Å². The summed E-state index contributed by atoms with van der Waals surface area (Å²) in [5.41, 5.74) is 20.8. The van der Waals surface area contributed by atoms with Crippen LogP contribution in [0.5, 0.6) is 0 Å². The quantitative estimate of drug-likeness (QED) is 0.131. The van der Waals surface area contributed by atoms with Gasteiger partial charge in [0.15, 0.2) is 0 Å². The number of hydrogen-bond donors (Lipinski definition) is 0. The molecule has 0 nitrogen and oxygen atoms in total. The Morgan fingerprint density at radius 3 is 1.32 bits per heavy atom. The van der Waals surface area contributed by atoms with Gasteiger partial charge in [0, 0.05) is 62.7 Å². The zero-order valence-corrected chi connectivity index (χ0v) is 28.6. The Morgan fingerprint density at radius 2 is 0.820 bits per heavy atom. The van der Waals surface area contributed by atoms with Gasteiger partial charge in [0.25, 0.3) is 0 Å². The molecule has 0 fully saturated rings. The molecule has 3 aliphatic rings. The third-order valence-electron chi connectivity index (χ3n) is 9.00. The topological polar surface area (TPSA) is 0 Å². The summed E-state index contributed by atoms with van der Waals surface area (Å²) in [7, 11) is 0. The fourth-order valence-electron chi connectivity index (χ4n) is 6.68. The first kappa shape index (κ1) is 29.9. The molecule has 1 aliphatic heterocycles. The van der Waals surface area contributed by atoms with Gasteiger partial charge < -0.3 is 0 Å². The van der Waals surface area contributed by atoms with Crippen molar-refractivity contribution in [1.82, 2.24) is 0 Å². The molecule has 0 saturated heterocycles. The number of benzene rings is 4. The number of allylic oxidation sites excluding steroid dienone is 6. The van der Waals surface area contributed by atoms with E-state index in [0.717, 1.165) is 80.4 Å². The standard InChI is InChI=1S/C48H28S2/c1-6-16-33(17-7-1)37-26-27-38(34-18-8-2-9-19-34)44-29-31-46(50-44)48(36-22-12-4-13-23-36)42-32-41(39-24-14-5-15-25-40(39)42)47(35-20-10-3-11-21-35)45-30-28-43(37)49-45/h1-24,28-31H/b43-37+,44-38+,47-45-,48-46-. The van der Waals surface area contributed by atoms with E-state index in [1.165, 1.54) is 4.53 Å². The normalized spacial score (nSPS) is 19.0. The van der Waals surface area contributed by atoms with E-state index in [0.29, 0.717) is 0 Å². The van der Waals surface area contributed by atoms with Crippen LogP contribution < -0.4 is 18.1 Å². The van der Waals surface area contributed by atoms with Crippen LogP contribution in [0, 0.1) is 11.8 Å². The molecular weight excluding hydrogens is 641 g/mol. The summed E-state index contributed by atoms with van der Waals surface area (Å²) in [5, 5.41) is 0. The highest BCUT2D eigenvalue weighted by atomic mass is 32.1. The number of hydrogen-bond acceptors (Lipinski definition) is 2. The Kier molecular flexibility index (Phi) is 7.81. The van der Waals surface area contributed by atoms with Crippen molar-refractivity contribution < 1.29 is 0 Å². The minimum Gasteiger partial charge on any atom is -0.134 e. The summed E-state index contributed by atoms with van der Waals surface area (Å²) in [6.45, 7) is 0. The van der Waals surface area contributed by atoms with Crippen molar-refractivity contribution in [2.75, 3.05) is 0 Å². The molecule has 2 aromatic heterocycles. The van der Waals surface area contributed by atoms with Gasteiger partial charge in [-0.2, -0.15) is 0 Å². The van der Waals surface area contributed by atoms with Crippen molar-refractivity contribution in [1.29, 1.82) is 0 Å². The molecule has 50 heavy (non-hydrogen) atoms. The van der Waals surface area contributed by atoms with E-state index in [4.69, 9.17) is 0 Å². The predicted octanol–water partition coefficient (Wildman–Crippen LogP) is 8.37. The van der Waals surface area contributed by atoms with Gasteiger partial charge in [-0.15, -0.1) is 34.1 Å². The largest absolute Gasteiger partial charge is 0.134 e. The van der Waals surface area contributed by atoms with E-state index < -0.39 is 0 Å². The molecule has 9 rings (SSSR count). The van der Waals surface area contributed by atoms with Gasteiger partial charge in [-0.05, 0) is 52.6 Å². The van der Waals surface area contributed by atoms with Crippen molar-refractivity contribution >= 4 is 45.0 Å². The number of fused-ring (bicyclic) bond motifs is 7. The van der Waals surface area contributed by atoms with Crippen molar-refractivity contribution in [3.63, 3.8) is 0 Å². The van der Waals surface area contributed by atoms with Gasteiger partial charge >= 0.3 is 0 Å². The van der Waals surface area contributed by atoms with E-state index >= 15 is 0 Å². The van der Waals surface area contributed by atoms with Crippen LogP contribution in [0.2, 0.25) is 0 Å². The minimum absolute atomic E-state index is 1.01. The molecule has 232 valence electrons. The molecule has 2 aliphatic carbocycles. The summed E-state index contributed by atoms with van der Waals surface area (Å²) >= 11 is 3.57. The van der Waals surface area contributed by atoms with Gasteiger partial charge in [-0.25, -0.2) is 0 Å². The molecule has 0 saturated carbocycles. The van der Waals surface area contributed by atoms with Crippen LogP contribution in [-0.2, 0) is 0 Å². The molecule has 0 radical (unpaired) electrons. The smallest absolute Gasteiger partial charge is 0.0493 e. The zero-order valence-electron chi connectivity index (χ0n) is 27.0. The Labute approximate surface area is 299 Å². The fourth-order valence-corrected chi connectivity index (χ4v) is 8.89. The first-order valence-corrected chi connectivity index (χ1v) is 18.2. The second kappa shape index (κ2) is 13.0. The monoisotopic (exact) mass is 668 g/mol. The Hall–Kier alpha value is -6.16. The lowest BCUT2D eigenvalue weighted by Gasteiger charge is -2.13. The van der Waals surface area contributed by atoms with Crippen LogP contribution in [0.25, 0.3) is 22.3 Å². The molecule has 0 N–H and O–H groups in total. The van der Waals surface area contributed by atoms with Gasteiger partial charge in [-0.3, -0.25) is 0 Å². The van der Waals surface area contributed by atoms with E-state index in [9.17, 15) is 0 Å². The van der Waals surface area contributed by atoms with Crippen LogP contribution in [0.15, 0.2) is 204 Å². The van der Waals surface area contributed by atoms with Gasteiger partial charge in [0.1, 0.15) is 0 Å². The lowest BCUT2D eigenvalue weighted by Crippen LogP contribution is -2.08. The number of rotatable bonds is 4. The third-order valence-corrected chi connectivity index (χ3v) is 11.2. The van der Waals surface area contributed by atoms with Crippen LogP contribution in [0.1, 0.15) is 22.3 Å². The highest BCUT2D eigenvalue weighted by molar-refractivity contribution is 7.08. The average molecular weight is 669 g/mol. The molecule has 4 aromatic carbocycles. The SMILES string of the molecule is C1=CC=CC=C2C=1C1=C=C2/C(c2ccccc2)=c2/cc/c(s2)=C(\c2ccccc2)C#C/C(c2ccccc2)=c2/cc/c(s2)=C/1c1ccccc1. The molecule has 3 heterocycles. The average Bonchev–Trinajstić information content (AvgIpc) is 3.88. The van der Waals surface area contributed by atoms with Gasteiger partial charge in [-0.1, -0.05) is 151 Å². The van der Waals surface area contributed by atoms with Crippen molar-refractivity contribution in [3.8, 4) is 11.8 Å². The van der Waals surface area contributed by atoms with Crippen LogP contribution in [0.3, 0.4) is 0 Å². The van der Waals surface area contributed by atoms with Crippen molar-refractivity contribution in [2.24, 2.45) is 0 Å². The summed E-state index contributed by atoms with van der Waals surface area (Å²) in [6.07, 6.45) is 8.42. The van der Waals surface area contributed by atoms with Crippen molar-refractivity contribution in [2.45, 2.75) is 0 Å². The van der Waals surface area contributed by atoms with Crippen LogP contribution >= 0.6 is 22.7 Å². The minimum atomic E-state index is 1.01. The summed E-state index contributed by atoms with van der Waals surface area (Å²) in [6, 6.07) is 51.5. The summed E-state index contributed by atoms with van der Waals surface area (Å²) in [4.78, 5) is 0. The molecule has 0 spiro atoms. The van der Waals surface area contributed by atoms with E-state index in [1.54, 1.807) is 22.7 Å². The maximum atomic E-state index is 4.02. The third kappa shape index (κ3) is 5.48. The molecule has 2 heteroatoms. The highest BCUT2D eigenvalue weighted by Gasteiger charge is 2.28. The van der Waals surface area contributed by atoms with E-state index in [2.05, 4.69) is 187 Å². The molecule has 6 bridgehead atoms. The lowest BCUT2D eigenvalue weighted by atomic mass is 9.89. The molecule has 0 amide bonds. The predicted molar refractivity (Wildman–Crippen MR) is 210 cm³/mol. The molecule has 6 aromatic rings. The van der Waals surface area contributed by atoms with Crippen molar-refractivity contribution in [3.05, 3.63) is 244 Å². The van der Waals surface area contributed by atoms with Gasteiger partial charge in [0.2, 0.25) is 0 Å². The summed E-state index contributed by atoms with van der Waals surface area (Å²) < 4.78 is 4.59. The van der Waals surface area contributed by atoms with Crippen LogP contribution in [-0.4, -0.2) is 0 Å². The maximum Gasteiger partial charge on any atom is 0.0493 e. The first-order chi connectivity index (χ1) is 24.8. The highest BCUT2D eigenvalue weighted by Crippen LogP contribution is 2.42. The molecular formula is C48H28S2. The Morgan fingerprint density at radius 1 is 0.380 bits per heavy atom. The lowest BCUT2D eigenvalue weighted by molar-refractivity contribution is 1.47. The first-order valence-electron chi connectivity index (χ1n) is 16.6. The second-order valence-corrected chi connectivity index (χ2v) is 14.2. The van der Waals surface area contributed by atoms with E-state index in [1.807, 2.05) is 6.08 Å². The summed E-state index contributed by atoms with van der Waals surface area (Å²) in [5.74, 6) is 7.39. The van der Waals surface area contributed by atoms with Gasteiger partial charge in [0.05, 0.1) is 0 Å². The Bertz CT molecular complexity index is 2830. The van der Waals surface area contributed by atoms with Crippen LogP contribution in [0.4, 0.5) is 0 Å². The molecule has 0 atom stereocenters.